The lowest BCUT2D eigenvalue weighted by Crippen LogP contribution is -2.54. The first-order chi connectivity index (χ1) is 26.9. The van der Waals surface area contributed by atoms with Crippen molar-refractivity contribution in [3.05, 3.63) is 129 Å². The van der Waals surface area contributed by atoms with Crippen LogP contribution in [0, 0.1) is 33.1 Å². The number of hydrogen-bond acceptors (Lipinski definition) is 6. The average Bonchev–Trinajstić information content (AvgIpc) is 3.53. The van der Waals surface area contributed by atoms with E-state index in [9.17, 15) is 2.74 Å². The molecule has 1 aliphatic carbocycles. The highest BCUT2D eigenvalue weighted by Crippen LogP contribution is 2.61. The number of anilines is 3. The molecule has 0 bridgehead atoms. The molecule has 8 rings (SSSR count). The Bertz CT molecular complexity index is 2560. The van der Waals surface area contributed by atoms with Gasteiger partial charge in [0.15, 0.2) is 11.5 Å². The van der Waals surface area contributed by atoms with Gasteiger partial charge in [-0.3, -0.25) is 4.90 Å². The second-order valence-electron chi connectivity index (χ2n) is 19.4. The number of hydrogen-bond donors (Lipinski definition) is 0. The maximum absolute atomic E-state index is 9.78. The number of aromatic nitrogens is 1. The van der Waals surface area contributed by atoms with E-state index in [-0.39, 0.29) is 10.8 Å². The van der Waals surface area contributed by atoms with Crippen LogP contribution < -0.4 is 14.4 Å². The van der Waals surface area contributed by atoms with Crippen molar-refractivity contribution >= 4 is 23.1 Å². The summed E-state index contributed by atoms with van der Waals surface area (Å²) in [7, 11) is 0. The lowest BCUT2D eigenvalue weighted by molar-refractivity contribution is -0.0673. The summed E-state index contributed by atoms with van der Waals surface area (Å²) in [6.45, 7) is 29.6. The SMILES string of the molecule is [2H]C1([2H])c2cc(C)c(C)cc2[C@@]2(C)N=C(c3cc(Oc4cc5c(cc4C)Oc4cc(C)ccc4N5c4cc(C(C)(C)C)ccn4)cc(C(C)(C)C)c3)O[C@@]12C(C)(C)C. The molecule has 0 saturated carbocycles. The molecule has 5 aromatic rings. The molecule has 6 heteroatoms. The molecular formula is C50H57N3O3. The van der Waals surface area contributed by atoms with Gasteiger partial charge in [-0.1, -0.05) is 80.5 Å². The topological polar surface area (TPSA) is 56.2 Å². The molecule has 0 fully saturated rings. The van der Waals surface area contributed by atoms with Crippen LogP contribution in [-0.4, -0.2) is 16.5 Å². The van der Waals surface area contributed by atoms with Crippen molar-refractivity contribution in [2.75, 3.05) is 4.90 Å². The second-order valence-corrected chi connectivity index (χ2v) is 19.4. The van der Waals surface area contributed by atoms with Gasteiger partial charge in [0.1, 0.15) is 28.5 Å². The number of pyridine rings is 1. The zero-order valence-electron chi connectivity index (χ0n) is 37.6. The minimum atomic E-state index is -1.83. The standard InChI is InChI=1S/C50H57N3O3/c1-29-15-16-39-42(19-29)55-43-22-32(4)41(27-40(43)53(39)44-26-35(17-18-51-44)46(5,6)7)54-37-24-33(23-36(25-37)47(8,9)10)45-52-49(14)38-21-31(3)30(2)20-34(38)28-50(49,56-45)48(11,12)13/h15-27H,28H2,1-14H3/t49-,50-/m1/s1/i28D2. The predicted octanol–water partition coefficient (Wildman–Crippen LogP) is 13.3. The van der Waals surface area contributed by atoms with E-state index in [1.807, 2.05) is 51.2 Å². The Morgan fingerprint density at radius 1 is 0.732 bits per heavy atom. The first kappa shape index (κ1) is 35.3. The van der Waals surface area contributed by atoms with Crippen molar-refractivity contribution in [3.8, 4) is 23.0 Å². The van der Waals surface area contributed by atoms with Crippen molar-refractivity contribution < 1.29 is 17.0 Å². The van der Waals surface area contributed by atoms with Gasteiger partial charge in [-0.05, 0) is 138 Å². The summed E-state index contributed by atoms with van der Waals surface area (Å²) < 4.78 is 40.2. The van der Waals surface area contributed by atoms with Gasteiger partial charge in [-0.2, -0.15) is 0 Å². The number of nitrogens with zero attached hydrogens (tertiary/aromatic N) is 3. The van der Waals surface area contributed by atoms with Crippen molar-refractivity contribution in [1.29, 1.82) is 0 Å². The third-order valence-electron chi connectivity index (χ3n) is 11.9. The monoisotopic (exact) mass is 749 g/mol. The minimum absolute atomic E-state index is 0.0691. The molecule has 6 nitrogen and oxygen atoms in total. The molecule has 4 aromatic carbocycles. The van der Waals surface area contributed by atoms with Crippen LogP contribution in [0.3, 0.4) is 0 Å². The van der Waals surface area contributed by atoms with Crippen molar-refractivity contribution in [2.45, 2.75) is 125 Å². The van der Waals surface area contributed by atoms with Gasteiger partial charge in [-0.25, -0.2) is 9.98 Å². The molecule has 290 valence electrons. The fraction of sp³-hybridized carbons (Fsp3) is 0.400. The normalized spacial score (nSPS) is 21.5. The number of fused-ring (bicyclic) bond motifs is 5. The van der Waals surface area contributed by atoms with Crippen LogP contribution in [0.5, 0.6) is 23.0 Å². The molecule has 0 radical (unpaired) electrons. The first-order valence-corrected chi connectivity index (χ1v) is 19.8. The molecule has 2 atom stereocenters. The Morgan fingerprint density at radius 3 is 2.12 bits per heavy atom. The van der Waals surface area contributed by atoms with Crippen LogP contribution in [0.2, 0.25) is 0 Å². The quantitative estimate of drug-likeness (QED) is 0.180. The van der Waals surface area contributed by atoms with Gasteiger partial charge < -0.3 is 14.2 Å². The summed E-state index contributed by atoms with van der Waals surface area (Å²) in [4.78, 5) is 12.5. The number of ether oxygens (including phenoxy) is 3. The minimum Gasteiger partial charge on any atom is -0.467 e. The van der Waals surface area contributed by atoms with E-state index in [1.165, 1.54) is 5.56 Å². The largest absolute Gasteiger partial charge is 0.467 e. The number of aryl methyl sites for hydroxylation is 4. The van der Waals surface area contributed by atoms with Crippen LogP contribution in [0.15, 0.2) is 84.0 Å². The van der Waals surface area contributed by atoms with Gasteiger partial charge in [0.25, 0.3) is 0 Å². The number of rotatable bonds is 4. The van der Waals surface area contributed by atoms with Crippen molar-refractivity contribution in [2.24, 2.45) is 10.4 Å². The van der Waals surface area contributed by atoms with E-state index in [1.54, 1.807) is 0 Å². The van der Waals surface area contributed by atoms with E-state index in [2.05, 4.69) is 130 Å². The van der Waals surface area contributed by atoms with Crippen molar-refractivity contribution in [3.63, 3.8) is 0 Å². The van der Waals surface area contributed by atoms with Gasteiger partial charge in [0.2, 0.25) is 5.90 Å². The lowest BCUT2D eigenvalue weighted by Gasteiger charge is -2.45. The average molecular weight is 750 g/mol. The highest BCUT2D eigenvalue weighted by molar-refractivity contribution is 5.97. The molecule has 1 aromatic heterocycles. The summed E-state index contributed by atoms with van der Waals surface area (Å²) >= 11 is 0. The summed E-state index contributed by atoms with van der Waals surface area (Å²) in [5.41, 5.74) is 7.17. The van der Waals surface area contributed by atoms with Crippen molar-refractivity contribution in [1.82, 2.24) is 4.98 Å². The van der Waals surface area contributed by atoms with E-state index < -0.39 is 22.9 Å². The third kappa shape index (κ3) is 5.99. The number of benzene rings is 4. The second kappa shape index (κ2) is 12.4. The highest BCUT2D eigenvalue weighted by atomic mass is 16.5. The fourth-order valence-electron chi connectivity index (χ4n) is 8.40. The molecule has 0 saturated heterocycles. The Hall–Kier alpha value is -5.10. The molecule has 56 heavy (non-hydrogen) atoms. The van der Waals surface area contributed by atoms with Crippen LogP contribution in [0.4, 0.5) is 17.2 Å². The Kier molecular flexibility index (Phi) is 7.85. The van der Waals surface area contributed by atoms with Gasteiger partial charge in [0, 0.05) is 32.4 Å². The lowest BCUT2D eigenvalue weighted by atomic mass is 9.66. The molecule has 3 aliphatic rings. The summed E-state index contributed by atoms with van der Waals surface area (Å²) in [5.74, 6) is 4.00. The molecule has 0 amide bonds. The zero-order chi connectivity index (χ0) is 42.1. The summed E-state index contributed by atoms with van der Waals surface area (Å²) in [5, 5.41) is 0. The van der Waals surface area contributed by atoms with Crippen LogP contribution in [0.25, 0.3) is 0 Å². The predicted molar refractivity (Wildman–Crippen MR) is 229 cm³/mol. The van der Waals surface area contributed by atoms with E-state index >= 15 is 0 Å². The third-order valence-corrected chi connectivity index (χ3v) is 11.9. The van der Waals surface area contributed by atoms with E-state index in [0.29, 0.717) is 23.0 Å². The number of aliphatic imine (C=N–C) groups is 1. The molecule has 0 N–H and O–H groups in total. The molecule has 0 unspecified atom stereocenters. The Labute approximate surface area is 336 Å². The molecular weight excluding hydrogens is 691 g/mol. The Morgan fingerprint density at radius 2 is 1.43 bits per heavy atom. The summed E-state index contributed by atoms with van der Waals surface area (Å²) in [6, 6.07) is 24.9. The first-order valence-electron chi connectivity index (χ1n) is 20.8. The van der Waals surface area contributed by atoms with E-state index in [4.69, 9.17) is 24.2 Å². The van der Waals surface area contributed by atoms with E-state index in [0.717, 1.165) is 67.6 Å². The molecule has 0 spiro atoms. The van der Waals surface area contributed by atoms with Gasteiger partial charge in [-0.15, -0.1) is 0 Å². The van der Waals surface area contributed by atoms with Crippen LogP contribution in [-0.2, 0) is 27.5 Å². The maximum Gasteiger partial charge on any atom is 0.217 e. The molecule has 3 heterocycles. The van der Waals surface area contributed by atoms with Crippen LogP contribution in [0.1, 0.15) is 122 Å². The molecule has 2 aliphatic heterocycles. The smallest absolute Gasteiger partial charge is 0.217 e. The van der Waals surface area contributed by atoms with Gasteiger partial charge >= 0.3 is 0 Å². The summed E-state index contributed by atoms with van der Waals surface area (Å²) in [6.07, 6.45) is 0.0509. The van der Waals surface area contributed by atoms with Crippen LogP contribution >= 0.6 is 0 Å². The highest BCUT2D eigenvalue weighted by Gasteiger charge is 2.66. The Balaban J connectivity index is 1.26. The van der Waals surface area contributed by atoms with Gasteiger partial charge in [0.05, 0.1) is 11.4 Å². The zero-order valence-corrected chi connectivity index (χ0v) is 35.6. The fourth-order valence-corrected chi connectivity index (χ4v) is 8.40. The maximum atomic E-state index is 9.78.